The van der Waals surface area contributed by atoms with Crippen molar-refractivity contribution in [2.24, 2.45) is 5.92 Å². The summed E-state index contributed by atoms with van der Waals surface area (Å²) in [6.45, 7) is 7.63. The van der Waals surface area contributed by atoms with Gasteiger partial charge in [0.05, 0.1) is 0 Å². The van der Waals surface area contributed by atoms with Crippen LogP contribution in [0.4, 0.5) is 0 Å². The molecule has 0 aliphatic rings. The number of aromatic amines is 1. The molecule has 1 aromatic heterocycles. The molecule has 0 aliphatic heterocycles. The molecule has 0 fully saturated rings. The molecule has 1 heterocycles. The molecule has 4 nitrogen and oxygen atoms in total. The van der Waals surface area contributed by atoms with Crippen molar-refractivity contribution in [2.45, 2.75) is 39.0 Å². The van der Waals surface area contributed by atoms with Crippen molar-refractivity contribution < 1.29 is 8.42 Å². The summed E-state index contributed by atoms with van der Waals surface area (Å²) in [5.74, 6) is 0.408. The fraction of sp³-hybridized carbons (Fsp3) is 0.583. The quantitative estimate of drug-likeness (QED) is 0.894. The highest BCUT2D eigenvalue weighted by Gasteiger charge is 2.20. The summed E-state index contributed by atoms with van der Waals surface area (Å²) in [7, 11) is -3.48. The van der Waals surface area contributed by atoms with Gasteiger partial charge < -0.3 is 4.98 Å². The van der Waals surface area contributed by atoms with Gasteiger partial charge in [-0.15, -0.1) is 0 Å². The van der Waals surface area contributed by atoms with Crippen LogP contribution in [0.5, 0.6) is 0 Å². The molecule has 0 aromatic carbocycles. The second kappa shape index (κ2) is 4.64. The first kappa shape index (κ1) is 14.0. The van der Waals surface area contributed by atoms with Crippen molar-refractivity contribution in [2.75, 3.05) is 6.26 Å². The van der Waals surface area contributed by atoms with E-state index in [0.29, 0.717) is 11.5 Å². The Bertz CT molecular complexity index is 583. The van der Waals surface area contributed by atoms with Crippen LogP contribution < -0.4 is 5.56 Å². The lowest BCUT2D eigenvalue weighted by molar-refractivity contribution is 0.597. The average molecular weight is 257 g/mol. The van der Waals surface area contributed by atoms with E-state index >= 15 is 0 Å². The van der Waals surface area contributed by atoms with Gasteiger partial charge in [-0.3, -0.25) is 4.79 Å². The number of sulfone groups is 1. The number of aromatic nitrogens is 1. The maximum Gasteiger partial charge on any atom is 0.267 e. The first-order valence-corrected chi connectivity index (χ1v) is 7.46. The Morgan fingerprint density at radius 3 is 2.18 bits per heavy atom. The number of H-pyrrole nitrogens is 1. The van der Waals surface area contributed by atoms with E-state index in [1.807, 2.05) is 0 Å². The van der Waals surface area contributed by atoms with Crippen molar-refractivity contribution in [3.8, 4) is 0 Å². The SMILES string of the molecule is Cc1[nH]c(=O)c(S(C)(=O)=O)c(C)c1CC(C)C. The van der Waals surface area contributed by atoms with Gasteiger partial charge in [0.25, 0.3) is 5.56 Å². The van der Waals surface area contributed by atoms with Gasteiger partial charge in [-0.2, -0.15) is 0 Å². The molecule has 0 bridgehead atoms. The smallest absolute Gasteiger partial charge is 0.267 e. The topological polar surface area (TPSA) is 67.0 Å². The zero-order valence-electron chi connectivity index (χ0n) is 10.9. The van der Waals surface area contributed by atoms with Gasteiger partial charge >= 0.3 is 0 Å². The predicted molar refractivity (Wildman–Crippen MR) is 68.2 cm³/mol. The monoisotopic (exact) mass is 257 g/mol. The van der Waals surface area contributed by atoms with Gasteiger partial charge in [-0.25, -0.2) is 8.42 Å². The van der Waals surface area contributed by atoms with Crippen molar-refractivity contribution >= 4 is 9.84 Å². The third-order valence-corrected chi connectivity index (χ3v) is 3.97. The summed E-state index contributed by atoms with van der Waals surface area (Å²) in [6, 6.07) is 0. The normalized spacial score (nSPS) is 12.1. The molecule has 1 N–H and O–H groups in total. The molecule has 96 valence electrons. The Morgan fingerprint density at radius 2 is 1.76 bits per heavy atom. The highest BCUT2D eigenvalue weighted by atomic mass is 32.2. The van der Waals surface area contributed by atoms with E-state index in [0.717, 1.165) is 23.9 Å². The lowest BCUT2D eigenvalue weighted by atomic mass is 9.98. The summed E-state index contributed by atoms with van der Waals surface area (Å²) in [5.41, 5.74) is 1.76. The fourth-order valence-corrected chi connectivity index (χ4v) is 3.12. The number of nitrogens with one attached hydrogen (secondary N) is 1. The van der Waals surface area contributed by atoms with Crippen LogP contribution in [0, 0.1) is 19.8 Å². The molecule has 1 aromatic rings. The molecule has 0 saturated carbocycles. The van der Waals surface area contributed by atoms with Gasteiger partial charge in [0.1, 0.15) is 4.90 Å². The minimum absolute atomic E-state index is 0.0984. The zero-order valence-corrected chi connectivity index (χ0v) is 11.7. The number of hydrogen-bond acceptors (Lipinski definition) is 3. The molecule has 0 amide bonds. The van der Waals surface area contributed by atoms with Crippen LogP contribution in [0.2, 0.25) is 0 Å². The Hall–Kier alpha value is -1.10. The van der Waals surface area contributed by atoms with Gasteiger partial charge in [0.15, 0.2) is 9.84 Å². The highest BCUT2D eigenvalue weighted by molar-refractivity contribution is 7.90. The van der Waals surface area contributed by atoms with Gasteiger partial charge in [0, 0.05) is 11.9 Å². The largest absolute Gasteiger partial charge is 0.325 e. The molecule has 0 spiro atoms. The third-order valence-electron chi connectivity index (χ3n) is 2.74. The summed E-state index contributed by atoms with van der Waals surface area (Å²) in [5, 5.41) is 0. The number of hydrogen-bond donors (Lipinski definition) is 1. The van der Waals surface area contributed by atoms with E-state index in [1.54, 1.807) is 13.8 Å². The predicted octanol–water partition coefficient (Wildman–Crippen LogP) is 1.59. The average Bonchev–Trinajstić information content (AvgIpc) is 2.08. The second-order valence-corrected chi connectivity index (χ2v) is 6.83. The molecule has 1 rings (SSSR count). The van der Waals surface area contributed by atoms with E-state index < -0.39 is 15.4 Å². The first-order valence-electron chi connectivity index (χ1n) is 5.57. The Kier molecular flexibility index (Phi) is 3.81. The summed E-state index contributed by atoms with van der Waals surface area (Å²) < 4.78 is 23.2. The molecular formula is C12H19NO3S. The summed E-state index contributed by atoms with van der Waals surface area (Å²) in [4.78, 5) is 14.2. The molecule has 0 unspecified atom stereocenters. The minimum atomic E-state index is -3.48. The third kappa shape index (κ3) is 2.97. The Labute approximate surface area is 102 Å². The first-order chi connectivity index (χ1) is 7.64. The Morgan fingerprint density at radius 1 is 1.24 bits per heavy atom. The number of pyridine rings is 1. The van der Waals surface area contributed by atoms with Crippen LogP contribution in [-0.4, -0.2) is 19.7 Å². The van der Waals surface area contributed by atoms with E-state index in [2.05, 4.69) is 18.8 Å². The van der Waals surface area contributed by atoms with Gasteiger partial charge in [-0.1, -0.05) is 13.8 Å². The molecular weight excluding hydrogens is 238 g/mol. The summed E-state index contributed by atoms with van der Waals surface area (Å²) in [6.07, 6.45) is 1.83. The second-order valence-electron chi connectivity index (χ2n) is 4.88. The van der Waals surface area contributed by atoms with Crippen LogP contribution in [0.15, 0.2) is 9.69 Å². The maximum atomic E-state index is 11.7. The maximum absolute atomic E-state index is 11.7. The molecule has 0 saturated heterocycles. The van der Waals surface area contributed by atoms with Crippen molar-refractivity contribution in [3.63, 3.8) is 0 Å². The fourth-order valence-electron chi connectivity index (χ4n) is 2.05. The van der Waals surface area contributed by atoms with Crippen molar-refractivity contribution in [3.05, 3.63) is 27.2 Å². The molecule has 17 heavy (non-hydrogen) atoms. The lowest BCUT2D eigenvalue weighted by Crippen LogP contribution is -2.22. The van der Waals surface area contributed by atoms with Crippen LogP contribution in [-0.2, 0) is 16.3 Å². The molecule has 0 atom stereocenters. The van der Waals surface area contributed by atoms with E-state index in [4.69, 9.17) is 0 Å². The van der Waals surface area contributed by atoms with E-state index in [1.165, 1.54) is 0 Å². The van der Waals surface area contributed by atoms with Crippen LogP contribution in [0.25, 0.3) is 0 Å². The number of aryl methyl sites for hydroxylation is 1. The van der Waals surface area contributed by atoms with E-state index in [9.17, 15) is 13.2 Å². The number of rotatable bonds is 3. The van der Waals surface area contributed by atoms with E-state index in [-0.39, 0.29) is 4.90 Å². The Balaban J connectivity index is 3.61. The molecule has 0 radical (unpaired) electrons. The zero-order chi connectivity index (χ0) is 13.4. The molecule has 5 heteroatoms. The molecule has 0 aliphatic carbocycles. The van der Waals surface area contributed by atoms with Crippen LogP contribution >= 0.6 is 0 Å². The van der Waals surface area contributed by atoms with Crippen molar-refractivity contribution in [1.82, 2.24) is 4.98 Å². The summed E-state index contributed by atoms with van der Waals surface area (Å²) >= 11 is 0. The van der Waals surface area contributed by atoms with Gasteiger partial charge in [-0.05, 0) is 37.3 Å². The lowest BCUT2D eigenvalue weighted by Gasteiger charge is -2.14. The standard InChI is InChI=1S/C12H19NO3S/c1-7(2)6-10-8(3)11(17(5,15)16)12(14)13-9(10)4/h7H,6H2,1-5H3,(H,13,14). The van der Waals surface area contributed by atoms with Gasteiger partial charge in [0.2, 0.25) is 0 Å². The van der Waals surface area contributed by atoms with Crippen LogP contribution in [0.1, 0.15) is 30.7 Å². The van der Waals surface area contributed by atoms with Crippen LogP contribution in [0.3, 0.4) is 0 Å². The highest BCUT2D eigenvalue weighted by Crippen LogP contribution is 2.20. The minimum Gasteiger partial charge on any atom is -0.325 e. The van der Waals surface area contributed by atoms with Crippen molar-refractivity contribution in [1.29, 1.82) is 0 Å².